The number of aryl methyl sites for hydroxylation is 1. The number of Topliss-reactive ketones (excluding diaryl/α,β-unsaturated/α-hetero) is 1. The third kappa shape index (κ3) is 3.19. The highest BCUT2D eigenvalue weighted by atomic mass is 79.9. The Bertz CT molecular complexity index is 1040. The number of carbonyl (C=O) groups excluding carboxylic acids is 2. The Kier molecular flexibility index (Phi) is 4.39. The van der Waals surface area contributed by atoms with Gasteiger partial charge in [0.05, 0.1) is 17.3 Å². The van der Waals surface area contributed by atoms with Crippen LogP contribution in [0.4, 0.5) is 10.2 Å². The summed E-state index contributed by atoms with van der Waals surface area (Å²) < 4.78 is 15.8. The maximum Gasteiger partial charge on any atom is 0.226 e. The van der Waals surface area contributed by atoms with Crippen LogP contribution in [0.5, 0.6) is 0 Å². The quantitative estimate of drug-likeness (QED) is 0.630. The second kappa shape index (κ2) is 6.74. The summed E-state index contributed by atoms with van der Waals surface area (Å²) in [6, 6.07) is 12.9. The molecule has 0 aliphatic carbocycles. The Morgan fingerprint density at radius 1 is 1.19 bits per heavy atom. The van der Waals surface area contributed by atoms with E-state index in [1.807, 2.05) is 31.2 Å². The fraction of sp³-hybridized carbons (Fsp3) is 0.150. The van der Waals surface area contributed by atoms with Gasteiger partial charge in [-0.1, -0.05) is 15.9 Å². The molecular weight excluding hydrogens is 413 g/mol. The van der Waals surface area contributed by atoms with Crippen LogP contribution in [0.2, 0.25) is 0 Å². The third-order valence-corrected chi connectivity index (χ3v) is 5.15. The van der Waals surface area contributed by atoms with Gasteiger partial charge in [-0.25, -0.2) is 9.07 Å². The molecule has 5 nitrogen and oxygen atoms in total. The molecule has 7 heteroatoms. The van der Waals surface area contributed by atoms with Crippen molar-refractivity contribution >= 4 is 33.4 Å². The van der Waals surface area contributed by atoms with Crippen molar-refractivity contribution in [2.24, 2.45) is 0 Å². The molecule has 136 valence electrons. The normalized spacial score (nSPS) is 16.0. The van der Waals surface area contributed by atoms with Crippen LogP contribution in [0.15, 0.2) is 53.0 Å². The largest absolute Gasteiger partial charge is 0.310 e. The average Bonchev–Trinajstić information content (AvgIpc) is 2.98. The van der Waals surface area contributed by atoms with E-state index in [2.05, 4.69) is 26.3 Å². The number of fused-ring (bicyclic) bond motifs is 1. The van der Waals surface area contributed by atoms with Crippen molar-refractivity contribution in [2.45, 2.75) is 19.3 Å². The fourth-order valence-electron chi connectivity index (χ4n) is 3.36. The first-order valence-electron chi connectivity index (χ1n) is 8.39. The highest BCUT2D eigenvalue weighted by Crippen LogP contribution is 2.38. The van der Waals surface area contributed by atoms with Crippen molar-refractivity contribution in [3.05, 3.63) is 75.6 Å². The molecule has 1 aliphatic heterocycles. The molecule has 2 heterocycles. The molecule has 0 saturated carbocycles. The second-order valence-corrected chi connectivity index (χ2v) is 7.33. The summed E-state index contributed by atoms with van der Waals surface area (Å²) in [5, 5.41) is 7.39. The monoisotopic (exact) mass is 427 g/mol. The minimum atomic E-state index is -0.650. The third-order valence-electron chi connectivity index (χ3n) is 4.62. The number of benzene rings is 2. The predicted octanol–water partition coefficient (Wildman–Crippen LogP) is 4.39. The molecule has 27 heavy (non-hydrogen) atoms. The number of hydrogen-bond acceptors (Lipinski definition) is 3. The minimum absolute atomic E-state index is 0.0378. The molecule has 2 aromatic carbocycles. The Morgan fingerprint density at radius 3 is 2.52 bits per heavy atom. The average molecular weight is 428 g/mol. The fourth-order valence-corrected chi connectivity index (χ4v) is 3.62. The van der Waals surface area contributed by atoms with Crippen molar-refractivity contribution in [1.82, 2.24) is 9.78 Å². The standard InChI is InChI=1S/C20H15BrFN3O2/c1-11-18-16(19(27)12-2-6-14(22)7-3-12)10-17(26)23-20(18)25(24-11)15-8-4-13(21)5-9-15/h2-9,16H,10H2,1H3,(H,23,26). The molecule has 4 rings (SSSR count). The zero-order valence-corrected chi connectivity index (χ0v) is 16.0. The van der Waals surface area contributed by atoms with Crippen LogP contribution in [0.25, 0.3) is 5.69 Å². The Balaban J connectivity index is 1.80. The Hall–Kier alpha value is -2.80. The Morgan fingerprint density at radius 2 is 1.85 bits per heavy atom. The van der Waals surface area contributed by atoms with Gasteiger partial charge in [0.25, 0.3) is 0 Å². The molecule has 0 saturated heterocycles. The lowest BCUT2D eigenvalue weighted by Gasteiger charge is -2.23. The number of nitrogens with zero attached hydrogens (tertiary/aromatic N) is 2. The SMILES string of the molecule is Cc1nn(-c2ccc(Br)cc2)c2c1C(C(=O)c1ccc(F)cc1)CC(=O)N2. The van der Waals surface area contributed by atoms with Gasteiger partial charge in [-0.05, 0) is 55.5 Å². The van der Waals surface area contributed by atoms with Crippen LogP contribution in [-0.4, -0.2) is 21.5 Å². The van der Waals surface area contributed by atoms with Crippen LogP contribution in [0.3, 0.4) is 0 Å². The Labute approximate surface area is 163 Å². The van der Waals surface area contributed by atoms with Crippen molar-refractivity contribution in [2.75, 3.05) is 5.32 Å². The van der Waals surface area contributed by atoms with Crippen LogP contribution in [-0.2, 0) is 4.79 Å². The zero-order valence-electron chi connectivity index (χ0n) is 14.4. The van der Waals surface area contributed by atoms with Crippen LogP contribution < -0.4 is 5.32 Å². The van der Waals surface area contributed by atoms with Crippen LogP contribution >= 0.6 is 15.9 Å². The molecule has 1 atom stereocenters. The predicted molar refractivity (Wildman–Crippen MR) is 103 cm³/mol. The number of anilines is 1. The minimum Gasteiger partial charge on any atom is -0.310 e. The topological polar surface area (TPSA) is 64.0 Å². The molecule has 3 aromatic rings. The van der Waals surface area contributed by atoms with Gasteiger partial charge in [0.2, 0.25) is 5.91 Å². The zero-order chi connectivity index (χ0) is 19.1. The number of rotatable bonds is 3. The van der Waals surface area contributed by atoms with Crippen LogP contribution in [0, 0.1) is 12.7 Å². The molecular formula is C20H15BrFN3O2. The maximum absolute atomic E-state index is 13.2. The lowest BCUT2D eigenvalue weighted by Crippen LogP contribution is -2.28. The molecule has 1 N–H and O–H groups in total. The van der Waals surface area contributed by atoms with Gasteiger partial charge < -0.3 is 5.32 Å². The number of aromatic nitrogens is 2. The smallest absolute Gasteiger partial charge is 0.226 e. The first-order valence-corrected chi connectivity index (χ1v) is 9.18. The van der Waals surface area contributed by atoms with Crippen molar-refractivity contribution in [3.63, 3.8) is 0 Å². The number of amides is 1. The van der Waals surface area contributed by atoms with Crippen LogP contribution in [0.1, 0.15) is 34.0 Å². The van der Waals surface area contributed by atoms with E-state index < -0.39 is 11.7 Å². The summed E-state index contributed by atoms with van der Waals surface area (Å²) >= 11 is 3.40. The summed E-state index contributed by atoms with van der Waals surface area (Å²) in [4.78, 5) is 25.3. The molecule has 1 unspecified atom stereocenters. The number of nitrogens with one attached hydrogen (secondary N) is 1. The van der Waals surface area contributed by atoms with Gasteiger partial charge in [-0.2, -0.15) is 5.10 Å². The summed E-state index contributed by atoms with van der Waals surface area (Å²) in [6.45, 7) is 1.82. The first-order chi connectivity index (χ1) is 12.9. The first kappa shape index (κ1) is 17.6. The van der Waals surface area contributed by atoms with E-state index in [4.69, 9.17) is 0 Å². The molecule has 0 bridgehead atoms. The van der Waals surface area contributed by atoms with E-state index in [-0.39, 0.29) is 18.1 Å². The lowest BCUT2D eigenvalue weighted by molar-refractivity contribution is -0.116. The number of halogens is 2. The van der Waals surface area contributed by atoms with Crippen molar-refractivity contribution in [3.8, 4) is 5.69 Å². The summed E-state index contributed by atoms with van der Waals surface area (Å²) in [6.07, 6.45) is 0.0378. The maximum atomic E-state index is 13.2. The van der Waals surface area contributed by atoms with E-state index in [9.17, 15) is 14.0 Å². The molecule has 0 fully saturated rings. The van der Waals surface area contributed by atoms with Crippen molar-refractivity contribution < 1.29 is 14.0 Å². The second-order valence-electron chi connectivity index (χ2n) is 6.41. The van der Waals surface area contributed by atoms with Crippen molar-refractivity contribution in [1.29, 1.82) is 0 Å². The van der Waals surface area contributed by atoms with Gasteiger partial charge in [0, 0.05) is 22.0 Å². The number of hydrogen-bond donors (Lipinski definition) is 1. The molecule has 0 radical (unpaired) electrons. The van der Waals surface area contributed by atoms with Gasteiger partial charge in [-0.3, -0.25) is 9.59 Å². The highest BCUT2D eigenvalue weighted by Gasteiger charge is 2.36. The molecule has 1 aliphatic rings. The lowest BCUT2D eigenvalue weighted by atomic mass is 9.85. The molecule has 1 amide bonds. The van der Waals surface area contributed by atoms with E-state index >= 15 is 0 Å². The molecule has 0 spiro atoms. The molecule has 1 aromatic heterocycles. The summed E-state index contributed by atoms with van der Waals surface area (Å²) in [5.74, 6) is -1.02. The van der Waals surface area contributed by atoms with E-state index in [0.29, 0.717) is 22.6 Å². The summed E-state index contributed by atoms with van der Waals surface area (Å²) in [5.41, 5.74) is 2.52. The van der Waals surface area contributed by atoms with Gasteiger partial charge in [-0.15, -0.1) is 0 Å². The van der Waals surface area contributed by atoms with E-state index in [1.165, 1.54) is 24.3 Å². The van der Waals surface area contributed by atoms with E-state index in [0.717, 1.165) is 10.2 Å². The van der Waals surface area contributed by atoms with Gasteiger partial charge in [0.15, 0.2) is 5.78 Å². The van der Waals surface area contributed by atoms with Gasteiger partial charge in [0.1, 0.15) is 11.6 Å². The van der Waals surface area contributed by atoms with Gasteiger partial charge >= 0.3 is 0 Å². The number of ketones is 1. The summed E-state index contributed by atoms with van der Waals surface area (Å²) in [7, 11) is 0. The number of carbonyl (C=O) groups is 2. The van der Waals surface area contributed by atoms with E-state index in [1.54, 1.807) is 4.68 Å². The highest BCUT2D eigenvalue weighted by molar-refractivity contribution is 9.10.